The quantitative estimate of drug-likeness (QED) is 0.0359. The van der Waals surface area contributed by atoms with Crippen LogP contribution in [0.5, 0.6) is 0 Å². The Hall–Kier alpha value is -6.35. The van der Waals surface area contributed by atoms with Gasteiger partial charge in [0.05, 0.1) is 24.5 Å². The maximum absolute atomic E-state index is 12.1. The van der Waals surface area contributed by atoms with E-state index in [0.29, 0.717) is 50.1 Å². The zero-order valence-corrected chi connectivity index (χ0v) is 29.1. The summed E-state index contributed by atoms with van der Waals surface area (Å²) in [4.78, 5) is 90.1. The van der Waals surface area contributed by atoms with Crippen molar-refractivity contribution < 1.29 is 47.8 Å². The third-order valence-electron chi connectivity index (χ3n) is 6.82. The van der Waals surface area contributed by atoms with E-state index in [1.54, 1.807) is 24.3 Å². The molecule has 54 heavy (non-hydrogen) atoms. The highest BCUT2D eigenvalue weighted by Crippen LogP contribution is 2.18. The fourth-order valence-electron chi connectivity index (χ4n) is 4.19. The molecule has 0 fully saturated rings. The number of aliphatic imine (C=N–C) groups is 4. The van der Waals surface area contributed by atoms with E-state index in [1.807, 2.05) is 24.3 Å². The van der Waals surface area contributed by atoms with Gasteiger partial charge in [-0.3, -0.25) is 0 Å². The van der Waals surface area contributed by atoms with Crippen molar-refractivity contribution in [2.24, 2.45) is 25.9 Å². The van der Waals surface area contributed by atoms with Crippen molar-refractivity contribution >= 4 is 53.7 Å². The van der Waals surface area contributed by atoms with Crippen LogP contribution in [0.25, 0.3) is 0 Å². The molecule has 1 amide bonds. The number of hydrogen-bond donors (Lipinski definition) is 1. The number of hydrogen-bond acceptors (Lipinski definition) is 14. The van der Waals surface area contributed by atoms with Gasteiger partial charge in [-0.1, -0.05) is 52.3 Å². The molecule has 2 rings (SSSR count). The van der Waals surface area contributed by atoms with Gasteiger partial charge < -0.3 is 19.5 Å². The number of ether oxygens (including phenoxy) is 3. The van der Waals surface area contributed by atoms with E-state index in [2.05, 4.69) is 38.4 Å². The summed E-state index contributed by atoms with van der Waals surface area (Å²) in [7, 11) is 0. The van der Waals surface area contributed by atoms with Crippen molar-refractivity contribution in [3.63, 3.8) is 0 Å². The Morgan fingerprint density at radius 3 is 1.59 bits per heavy atom. The van der Waals surface area contributed by atoms with Crippen molar-refractivity contribution in [1.82, 2.24) is 5.32 Å². The van der Waals surface area contributed by atoms with Crippen LogP contribution in [-0.4, -0.2) is 81.3 Å². The van der Waals surface area contributed by atoms with Crippen molar-refractivity contribution in [3.05, 3.63) is 84.0 Å². The molecule has 0 radical (unpaired) electrons. The summed E-state index contributed by atoms with van der Waals surface area (Å²) >= 11 is 0. The molecule has 0 aliphatic rings. The van der Waals surface area contributed by atoms with Crippen LogP contribution in [0.3, 0.4) is 0 Å². The van der Waals surface area contributed by atoms with E-state index in [9.17, 15) is 33.6 Å². The van der Waals surface area contributed by atoms with E-state index in [1.165, 1.54) is 38.2 Å². The summed E-state index contributed by atoms with van der Waals surface area (Å²) in [5.41, 5.74) is 3.74. The van der Waals surface area contributed by atoms with Gasteiger partial charge in [0, 0.05) is 17.7 Å². The van der Waals surface area contributed by atoms with E-state index in [0.717, 1.165) is 17.5 Å². The van der Waals surface area contributed by atoms with Gasteiger partial charge in [0.15, 0.2) is 6.10 Å². The lowest BCUT2D eigenvalue weighted by Crippen LogP contribution is -2.36. The molecule has 2 aromatic rings. The predicted octanol–water partition coefficient (Wildman–Crippen LogP) is 6.65. The zero-order valence-electron chi connectivity index (χ0n) is 29.1. The SMILES string of the molecule is C.C.C=C(C)C(=O)OCC(COC(=O)C(=C)C)OC(=O)NCCCC(CCCN=C=O)CN=C=O.O=C=Nc1ccc(Cc2ccc(N=C=O)cc2)cc1. The van der Waals surface area contributed by atoms with E-state index < -0.39 is 24.1 Å². The molecule has 290 valence electrons. The lowest BCUT2D eigenvalue weighted by molar-refractivity contribution is -0.147. The Morgan fingerprint density at radius 2 is 1.17 bits per heavy atom. The third-order valence-corrected chi connectivity index (χ3v) is 6.82. The lowest BCUT2D eigenvalue weighted by atomic mass is 9.97. The minimum absolute atomic E-state index is 0. The van der Waals surface area contributed by atoms with Crippen molar-refractivity contribution in [1.29, 1.82) is 0 Å². The molecular weight excluding hydrogens is 698 g/mol. The Balaban J connectivity index is 0. The molecule has 1 unspecified atom stereocenters. The number of benzene rings is 2. The zero-order chi connectivity index (χ0) is 38.6. The summed E-state index contributed by atoms with van der Waals surface area (Å²) in [5.74, 6) is -1.27. The Labute approximate surface area is 316 Å². The van der Waals surface area contributed by atoms with Gasteiger partial charge in [-0.25, -0.2) is 43.5 Å². The van der Waals surface area contributed by atoms with Crippen LogP contribution < -0.4 is 5.32 Å². The number of isocyanates is 4. The van der Waals surface area contributed by atoms with Gasteiger partial charge in [0.2, 0.25) is 24.3 Å². The maximum atomic E-state index is 12.1. The topological polar surface area (TPSA) is 209 Å². The molecule has 0 aliphatic carbocycles. The van der Waals surface area contributed by atoms with E-state index in [-0.39, 0.29) is 51.7 Å². The van der Waals surface area contributed by atoms with Crippen LogP contribution in [0.15, 0.2) is 92.8 Å². The minimum atomic E-state index is -1.02. The number of nitrogens with zero attached hydrogens (tertiary/aromatic N) is 4. The second-order valence-corrected chi connectivity index (χ2v) is 11.2. The van der Waals surface area contributed by atoms with Gasteiger partial charge in [0.1, 0.15) is 13.2 Å². The molecule has 0 spiro atoms. The number of amides is 1. The Morgan fingerprint density at radius 1 is 0.704 bits per heavy atom. The Kier molecular flexibility index (Phi) is 27.9. The third kappa shape index (κ3) is 23.2. The number of nitrogens with one attached hydrogen (secondary N) is 1. The summed E-state index contributed by atoms with van der Waals surface area (Å²) in [6, 6.07) is 14.7. The minimum Gasteiger partial charge on any atom is -0.458 e. The molecular formula is C39H49N5O10. The summed E-state index contributed by atoms with van der Waals surface area (Å²) < 4.78 is 15.1. The number of alkyl carbamates (subject to hydrolysis) is 1. The monoisotopic (exact) mass is 747 g/mol. The predicted molar refractivity (Wildman–Crippen MR) is 202 cm³/mol. The first-order chi connectivity index (χ1) is 25.0. The van der Waals surface area contributed by atoms with E-state index in [4.69, 9.17) is 14.2 Å². The second-order valence-electron chi connectivity index (χ2n) is 11.2. The Bertz CT molecular complexity index is 1590. The number of esters is 2. The summed E-state index contributed by atoms with van der Waals surface area (Å²) in [5, 5.41) is 2.57. The van der Waals surface area contributed by atoms with E-state index >= 15 is 0 Å². The van der Waals surface area contributed by atoms with Crippen molar-refractivity contribution in [3.8, 4) is 0 Å². The number of rotatable bonds is 21. The highest BCUT2D eigenvalue weighted by molar-refractivity contribution is 5.87. The summed E-state index contributed by atoms with van der Waals surface area (Å²) in [6.45, 7) is 10.1. The fourth-order valence-corrected chi connectivity index (χ4v) is 4.19. The molecule has 2 aromatic carbocycles. The number of carbonyl (C=O) groups is 3. The molecule has 0 heterocycles. The highest BCUT2D eigenvalue weighted by atomic mass is 16.6. The second kappa shape index (κ2) is 30.3. The van der Waals surface area contributed by atoms with Gasteiger partial charge >= 0.3 is 18.0 Å². The van der Waals surface area contributed by atoms with Gasteiger partial charge in [-0.05, 0) is 87.3 Å². The van der Waals surface area contributed by atoms with Crippen LogP contribution >= 0.6 is 0 Å². The molecule has 0 bridgehead atoms. The lowest BCUT2D eigenvalue weighted by Gasteiger charge is -2.19. The molecule has 15 heteroatoms. The van der Waals surface area contributed by atoms with Crippen LogP contribution in [0.2, 0.25) is 0 Å². The largest absolute Gasteiger partial charge is 0.458 e. The van der Waals surface area contributed by atoms with Gasteiger partial charge in [0.25, 0.3) is 0 Å². The first kappa shape index (κ1) is 49.8. The van der Waals surface area contributed by atoms with Crippen LogP contribution in [-0.2, 0) is 49.4 Å². The van der Waals surface area contributed by atoms with Crippen molar-refractivity contribution in [2.45, 2.75) is 66.9 Å². The summed E-state index contributed by atoms with van der Waals surface area (Å²) in [6.07, 6.45) is 7.52. The molecule has 0 aromatic heterocycles. The van der Waals surface area contributed by atoms with Crippen LogP contribution in [0.1, 0.15) is 65.5 Å². The fraction of sp³-hybridized carbons (Fsp3) is 0.410. The van der Waals surface area contributed by atoms with Gasteiger partial charge in [-0.2, -0.15) is 9.98 Å². The average molecular weight is 748 g/mol. The standard InChI is InChI=1S/C22H31N3O8.C15H10N2O2.2CH4/c1-16(2)20(28)31-12-19(13-32-21(29)17(3)4)33-22(30)25-10-6-8-18(11-24-15-27)7-5-9-23-14-26;18-10-16-14-5-1-12(2-6-14)9-13-3-7-15(8-4-13)17-11-19;;/h18-19H,1,3,5-13H2,2,4H3,(H,25,30);1-8H,9H2;2*1H4. The normalized spacial score (nSPS) is 9.83. The van der Waals surface area contributed by atoms with Gasteiger partial charge in [-0.15, -0.1) is 0 Å². The smallest absolute Gasteiger partial charge is 0.407 e. The highest BCUT2D eigenvalue weighted by Gasteiger charge is 2.20. The van der Waals surface area contributed by atoms with Crippen LogP contribution in [0.4, 0.5) is 16.2 Å². The number of carbonyl (C=O) groups excluding carboxylic acids is 7. The molecule has 0 saturated carbocycles. The average Bonchev–Trinajstić information content (AvgIpc) is 3.13. The van der Waals surface area contributed by atoms with Crippen LogP contribution in [0, 0.1) is 5.92 Å². The first-order valence-electron chi connectivity index (χ1n) is 16.0. The first-order valence-corrected chi connectivity index (χ1v) is 16.0. The molecule has 1 N–H and O–H groups in total. The molecule has 0 saturated heterocycles. The molecule has 0 aliphatic heterocycles. The molecule has 1 atom stereocenters. The maximum Gasteiger partial charge on any atom is 0.407 e. The molecule has 15 nitrogen and oxygen atoms in total. The van der Waals surface area contributed by atoms with Crippen molar-refractivity contribution in [2.75, 3.05) is 32.8 Å².